The second kappa shape index (κ2) is 10.2. The molecular formula is C21H25F3O3. The van der Waals surface area contributed by atoms with E-state index in [0.717, 1.165) is 5.56 Å². The van der Waals surface area contributed by atoms with Gasteiger partial charge in [0, 0.05) is 0 Å². The Kier molecular flexibility index (Phi) is 7.98. The molecule has 0 heterocycles. The molecular weight excluding hydrogens is 357 g/mol. The zero-order valence-electron chi connectivity index (χ0n) is 15.6. The van der Waals surface area contributed by atoms with Crippen molar-refractivity contribution in [3.05, 3.63) is 59.7 Å². The normalized spacial score (nSPS) is 13.4. The molecule has 27 heavy (non-hydrogen) atoms. The Morgan fingerprint density at radius 3 is 2.37 bits per heavy atom. The number of alkyl halides is 3. The molecule has 148 valence electrons. The largest absolute Gasteiger partial charge is 0.494 e. The first-order chi connectivity index (χ1) is 13.0. The van der Waals surface area contributed by atoms with E-state index in [1.807, 2.05) is 6.92 Å². The fourth-order valence-corrected chi connectivity index (χ4v) is 2.63. The smallest absolute Gasteiger partial charge is 0.250 e. The van der Waals surface area contributed by atoms with Gasteiger partial charge in [0.25, 0.3) is 0 Å². The lowest BCUT2D eigenvalue weighted by Gasteiger charge is -2.29. The van der Waals surface area contributed by atoms with Gasteiger partial charge in [-0.2, -0.15) is 0 Å². The van der Waals surface area contributed by atoms with Crippen molar-refractivity contribution in [2.75, 3.05) is 26.5 Å². The lowest BCUT2D eigenvalue weighted by Crippen LogP contribution is -2.36. The zero-order chi connectivity index (χ0) is 19.7. The molecule has 0 aliphatic rings. The molecule has 3 nitrogen and oxygen atoms in total. The number of benzene rings is 2. The van der Waals surface area contributed by atoms with Crippen LogP contribution in [0.15, 0.2) is 48.5 Å². The van der Waals surface area contributed by atoms with Gasteiger partial charge in [0.05, 0.1) is 25.2 Å². The monoisotopic (exact) mass is 382 g/mol. The molecule has 6 heteroatoms. The number of halogens is 3. The summed E-state index contributed by atoms with van der Waals surface area (Å²) in [6.45, 7) is 3.28. The highest BCUT2D eigenvalue weighted by Gasteiger charge is 2.37. The molecule has 2 aromatic carbocycles. The van der Waals surface area contributed by atoms with Crippen LogP contribution in [0.4, 0.5) is 13.2 Å². The van der Waals surface area contributed by atoms with Crippen LogP contribution in [-0.4, -0.2) is 32.9 Å². The van der Waals surface area contributed by atoms with Crippen molar-refractivity contribution < 1.29 is 27.4 Å². The summed E-state index contributed by atoms with van der Waals surface area (Å²) < 4.78 is 55.9. The van der Waals surface area contributed by atoms with Crippen LogP contribution in [0.25, 0.3) is 0 Å². The topological polar surface area (TPSA) is 27.7 Å². The van der Waals surface area contributed by atoms with Gasteiger partial charge in [-0.1, -0.05) is 24.3 Å². The molecule has 2 aromatic rings. The van der Waals surface area contributed by atoms with Crippen molar-refractivity contribution in [3.63, 3.8) is 0 Å². The van der Waals surface area contributed by atoms with Crippen molar-refractivity contribution in [2.24, 2.45) is 0 Å². The van der Waals surface area contributed by atoms with Gasteiger partial charge in [0.15, 0.2) is 0 Å². The summed E-state index contributed by atoms with van der Waals surface area (Å²) in [5.74, 6) is 1.17. The average Bonchev–Trinajstić information content (AvgIpc) is 2.67. The quantitative estimate of drug-likeness (QED) is 0.536. The maximum absolute atomic E-state index is 13.8. The van der Waals surface area contributed by atoms with E-state index in [4.69, 9.17) is 14.2 Å². The third-order valence-corrected chi connectivity index (χ3v) is 4.22. The van der Waals surface area contributed by atoms with E-state index < -0.39 is 18.5 Å². The van der Waals surface area contributed by atoms with Crippen LogP contribution < -0.4 is 9.47 Å². The van der Waals surface area contributed by atoms with Crippen molar-refractivity contribution in [1.82, 2.24) is 0 Å². The Morgan fingerprint density at radius 1 is 1.00 bits per heavy atom. The van der Waals surface area contributed by atoms with Crippen LogP contribution in [0.2, 0.25) is 0 Å². The maximum atomic E-state index is 13.8. The van der Waals surface area contributed by atoms with Gasteiger partial charge >= 0.3 is 0 Å². The second-order valence-electron chi connectivity index (χ2n) is 6.35. The highest BCUT2D eigenvalue weighted by molar-refractivity contribution is 5.33. The standard InChI is InChI=1S/C21H25F3O3/c1-3-26-18-9-7-17(8-10-18)21(2,20(23)24)15-25-14-16-5-4-6-19(13-16)27-12-11-22/h4-10,13,20H,3,11-12,14-15H2,1-2H3. The van der Waals surface area contributed by atoms with Crippen LogP contribution >= 0.6 is 0 Å². The molecule has 2 rings (SSSR count). The summed E-state index contributed by atoms with van der Waals surface area (Å²) in [7, 11) is 0. The molecule has 0 aromatic heterocycles. The van der Waals surface area contributed by atoms with Crippen LogP contribution in [0.5, 0.6) is 11.5 Å². The SMILES string of the molecule is CCOc1ccc(C(C)(COCc2cccc(OCCF)c2)C(F)F)cc1. The minimum atomic E-state index is -2.59. The van der Waals surface area contributed by atoms with Gasteiger partial charge in [-0.3, -0.25) is 0 Å². The van der Waals surface area contributed by atoms with Crippen LogP contribution in [0, 0.1) is 0 Å². The summed E-state index contributed by atoms with van der Waals surface area (Å²) in [6.07, 6.45) is -2.59. The first kappa shape index (κ1) is 21.1. The molecule has 0 saturated heterocycles. The zero-order valence-corrected chi connectivity index (χ0v) is 15.6. The predicted molar refractivity (Wildman–Crippen MR) is 98.5 cm³/mol. The summed E-state index contributed by atoms with van der Waals surface area (Å²) in [5, 5.41) is 0. The summed E-state index contributed by atoms with van der Waals surface area (Å²) >= 11 is 0. The molecule has 0 aliphatic carbocycles. The first-order valence-corrected chi connectivity index (χ1v) is 8.86. The lowest BCUT2D eigenvalue weighted by molar-refractivity contribution is -0.0128. The van der Waals surface area contributed by atoms with Gasteiger partial charge < -0.3 is 14.2 Å². The van der Waals surface area contributed by atoms with E-state index in [1.54, 1.807) is 48.5 Å². The van der Waals surface area contributed by atoms with E-state index in [0.29, 0.717) is 23.7 Å². The Balaban J connectivity index is 2.01. The Bertz CT molecular complexity index is 691. The van der Waals surface area contributed by atoms with E-state index >= 15 is 0 Å². The predicted octanol–water partition coefficient (Wildman–Crippen LogP) is 5.17. The third kappa shape index (κ3) is 5.89. The summed E-state index contributed by atoms with van der Waals surface area (Å²) in [5.41, 5.74) is -0.178. The van der Waals surface area contributed by atoms with Gasteiger partial charge in [-0.25, -0.2) is 13.2 Å². The lowest BCUT2D eigenvalue weighted by atomic mass is 9.83. The number of rotatable bonds is 11. The Hall–Kier alpha value is -2.21. The molecule has 0 aliphatic heterocycles. The number of ether oxygens (including phenoxy) is 3. The minimum Gasteiger partial charge on any atom is -0.494 e. The highest BCUT2D eigenvalue weighted by atomic mass is 19.3. The van der Waals surface area contributed by atoms with Crippen molar-refractivity contribution in [2.45, 2.75) is 32.3 Å². The Morgan fingerprint density at radius 2 is 1.74 bits per heavy atom. The fraction of sp³-hybridized carbons (Fsp3) is 0.429. The molecule has 0 fully saturated rings. The summed E-state index contributed by atoms with van der Waals surface area (Å²) in [4.78, 5) is 0. The molecule has 0 bridgehead atoms. The minimum absolute atomic E-state index is 0.0223. The van der Waals surface area contributed by atoms with Gasteiger partial charge in [-0.05, 0) is 49.2 Å². The van der Waals surface area contributed by atoms with Gasteiger partial charge in [0.2, 0.25) is 6.43 Å². The van der Waals surface area contributed by atoms with Gasteiger partial charge in [0.1, 0.15) is 24.8 Å². The van der Waals surface area contributed by atoms with Crippen molar-refractivity contribution >= 4 is 0 Å². The number of hydrogen-bond acceptors (Lipinski definition) is 3. The van der Waals surface area contributed by atoms with E-state index in [2.05, 4.69) is 0 Å². The first-order valence-electron chi connectivity index (χ1n) is 8.86. The number of hydrogen-bond donors (Lipinski definition) is 0. The van der Waals surface area contributed by atoms with Crippen LogP contribution in [0.1, 0.15) is 25.0 Å². The van der Waals surface area contributed by atoms with Crippen molar-refractivity contribution in [1.29, 1.82) is 0 Å². The van der Waals surface area contributed by atoms with Gasteiger partial charge in [-0.15, -0.1) is 0 Å². The molecule has 1 unspecified atom stereocenters. The fourth-order valence-electron chi connectivity index (χ4n) is 2.63. The highest BCUT2D eigenvalue weighted by Crippen LogP contribution is 2.32. The van der Waals surface area contributed by atoms with E-state index in [1.165, 1.54) is 6.92 Å². The molecule has 0 amide bonds. The third-order valence-electron chi connectivity index (χ3n) is 4.22. The second-order valence-corrected chi connectivity index (χ2v) is 6.35. The van der Waals surface area contributed by atoms with Crippen molar-refractivity contribution in [3.8, 4) is 11.5 Å². The van der Waals surface area contributed by atoms with E-state index in [9.17, 15) is 13.2 Å². The van der Waals surface area contributed by atoms with Crippen LogP contribution in [0.3, 0.4) is 0 Å². The van der Waals surface area contributed by atoms with E-state index in [-0.39, 0.29) is 19.8 Å². The molecule has 0 spiro atoms. The molecule has 0 N–H and O–H groups in total. The molecule has 1 atom stereocenters. The Labute approximate surface area is 158 Å². The molecule has 0 saturated carbocycles. The maximum Gasteiger partial charge on any atom is 0.250 e. The van der Waals surface area contributed by atoms with Crippen LogP contribution in [-0.2, 0) is 16.8 Å². The summed E-state index contributed by atoms with van der Waals surface area (Å²) in [6, 6.07) is 13.6. The molecule has 0 radical (unpaired) electrons. The average molecular weight is 382 g/mol.